The summed E-state index contributed by atoms with van der Waals surface area (Å²) in [6, 6.07) is 22.1. The van der Waals surface area contributed by atoms with Crippen molar-refractivity contribution in [2.24, 2.45) is 0 Å². The van der Waals surface area contributed by atoms with Gasteiger partial charge in [0.05, 0.1) is 38.0 Å². The molecule has 0 aliphatic carbocycles. The van der Waals surface area contributed by atoms with Crippen molar-refractivity contribution in [2.75, 3.05) is 16.8 Å². The largest absolute Gasteiger partial charge is 0.494 e. The van der Waals surface area contributed by atoms with Crippen molar-refractivity contribution >= 4 is 40.5 Å². The average molecular weight is 586 g/mol. The minimum atomic E-state index is -0.846. The molecule has 2 amide bonds. The molecule has 1 atom stereocenters. The molecule has 1 aliphatic heterocycles. The third kappa shape index (κ3) is 7.01. The van der Waals surface area contributed by atoms with Gasteiger partial charge in [0.2, 0.25) is 5.91 Å². The standard InChI is InChI=1S/C32H32FN5O3S/c1-2-3-17-41-28-15-13-26(14-16-28)35-30(39)18-29-31(40)37(21-23-7-5-4-6-8-23)32(42)38(29)27-19-34-36(22-27)20-24-9-11-25(33)12-10-24/h4-16,19,22,29H,2-3,17-18,20-21H2,1H3,(H,35,39)/t29-/m0/s1. The van der Waals surface area contributed by atoms with E-state index in [0.29, 0.717) is 29.6 Å². The molecule has 2 heterocycles. The number of thiocarbonyl (C=S) groups is 1. The summed E-state index contributed by atoms with van der Waals surface area (Å²) in [5, 5.41) is 7.64. The van der Waals surface area contributed by atoms with Gasteiger partial charge in [0.1, 0.15) is 17.6 Å². The Hall–Kier alpha value is -4.57. The van der Waals surface area contributed by atoms with Crippen LogP contribution in [-0.4, -0.2) is 44.3 Å². The maximum atomic E-state index is 13.7. The van der Waals surface area contributed by atoms with E-state index >= 15 is 0 Å². The summed E-state index contributed by atoms with van der Waals surface area (Å²) < 4.78 is 20.7. The maximum Gasteiger partial charge on any atom is 0.252 e. The summed E-state index contributed by atoms with van der Waals surface area (Å²) >= 11 is 5.80. The molecule has 8 nitrogen and oxygen atoms in total. The van der Waals surface area contributed by atoms with Gasteiger partial charge in [-0.1, -0.05) is 55.8 Å². The third-order valence-electron chi connectivity index (χ3n) is 6.92. The predicted octanol–water partition coefficient (Wildman–Crippen LogP) is 5.78. The molecule has 0 unspecified atom stereocenters. The SMILES string of the molecule is CCCCOc1ccc(NC(=O)C[C@H]2C(=O)N(Cc3ccccc3)C(=S)N2c2cnn(Cc3ccc(F)cc3)c2)cc1. The highest BCUT2D eigenvalue weighted by Crippen LogP contribution is 2.29. The average Bonchev–Trinajstić information content (AvgIpc) is 3.53. The Labute approximate surface area is 249 Å². The van der Waals surface area contributed by atoms with Crippen LogP contribution in [0.3, 0.4) is 0 Å². The fraction of sp³-hybridized carbons (Fsp3) is 0.250. The molecule has 0 bridgehead atoms. The minimum Gasteiger partial charge on any atom is -0.494 e. The quantitative estimate of drug-likeness (QED) is 0.168. The number of ether oxygens (including phenoxy) is 1. The number of aromatic nitrogens is 2. The maximum absolute atomic E-state index is 13.7. The Morgan fingerprint density at radius 1 is 1.00 bits per heavy atom. The van der Waals surface area contributed by atoms with E-state index in [4.69, 9.17) is 17.0 Å². The van der Waals surface area contributed by atoms with Crippen molar-refractivity contribution in [1.29, 1.82) is 0 Å². The molecular weight excluding hydrogens is 553 g/mol. The van der Waals surface area contributed by atoms with Gasteiger partial charge >= 0.3 is 0 Å². The molecule has 0 radical (unpaired) electrons. The second kappa shape index (κ2) is 13.4. The van der Waals surface area contributed by atoms with Gasteiger partial charge in [-0.2, -0.15) is 5.10 Å². The first-order valence-electron chi connectivity index (χ1n) is 13.9. The lowest BCUT2D eigenvalue weighted by Gasteiger charge is -2.22. The van der Waals surface area contributed by atoms with E-state index in [1.54, 1.807) is 46.2 Å². The summed E-state index contributed by atoms with van der Waals surface area (Å²) in [5.74, 6) is -0.152. The Kier molecular flexibility index (Phi) is 9.23. The Morgan fingerprint density at radius 2 is 1.71 bits per heavy atom. The lowest BCUT2D eigenvalue weighted by molar-refractivity contribution is -0.129. The number of nitrogens with one attached hydrogen (secondary N) is 1. The van der Waals surface area contributed by atoms with Crippen LogP contribution in [0.15, 0.2) is 91.3 Å². The van der Waals surface area contributed by atoms with Gasteiger partial charge in [-0.3, -0.25) is 19.2 Å². The minimum absolute atomic E-state index is 0.109. The lowest BCUT2D eigenvalue weighted by Crippen LogP contribution is -2.37. The van der Waals surface area contributed by atoms with E-state index in [-0.39, 0.29) is 30.6 Å². The van der Waals surface area contributed by atoms with Gasteiger partial charge < -0.3 is 15.0 Å². The van der Waals surface area contributed by atoms with Crippen LogP contribution < -0.4 is 15.0 Å². The first-order valence-corrected chi connectivity index (χ1v) is 14.3. The summed E-state index contributed by atoms with van der Waals surface area (Å²) in [6.45, 7) is 3.44. The van der Waals surface area contributed by atoms with E-state index in [1.165, 1.54) is 17.0 Å². The number of benzene rings is 3. The Balaban J connectivity index is 1.33. The number of anilines is 2. The van der Waals surface area contributed by atoms with Gasteiger partial charge in [0, 0.05) is 11.9 Å². The number of carbonyl (C=O) groups is 2. The van der Waals surface area contributed by atoms with E-state index in [1.807, 2.05) is 42.5 Å². The first-order chi connectivity index (χ1) is 20.4. The van der Waals surface area contributed by atoms with Crippen molar-refractivity contribution in [2.45, 2.75) is 45.3 Å². The third-order valence-corrected chi connectivity index (χ3v) is 7.34. The number of hydrogen-bond acceptors (Lipinski definition) is 5. The fourth-order valence-electron chi connectivity index (χ4n) is 4.73. The normalized spacial score (nSPS) is 14.9. The molecular formula is C32H32FN5O3S. The Morgan fingerprint density at radius 3 is 2.43 bits per heavy atom. The van der Waals surface area contributed by atoms with E-state index < -0.39 is 6.04 Å². The Bertz CT molecular complexity index is 1530. The number of amides is 2. The number of unbranched alkanes of at least 4 members (excludes halogenated alkanes) is 1. The van der Waals surface area contributed by atoms with Gasteiger partial charge in [-0.15, -0.1) is 0 Å². The van der Waals surface area contributed by atoms with E-state index in [9.17, 15) is 14.0 Å². The smallest absolute Gasteiger partial charge is 0.252 e. The molecule has 5 rings (SSSR count). The van der Waals surface area contributed by atoms with Crippen molar-refractivity contribution in [3.8, 4) is 5.75 Å². The molecule has 216 valence electrons. The summed E-state index contributed by atoms with van der Waals surface area (Å²) in [6.07, 6.45) is 5.31. The van der Waals surface area contributed by atoms with Gasteiger partial charge in [0.15, 0.2) is 5.11 Å². The van der Waals surface area contributed by atoms with Crippen LogP contribution in [0.2, 0.25) is 0 Å². The summed E-state index contributed by atoms with van der Waals surface area (Å²) in [5.41, 5.74) is 2.99. The van der Waals surface area contributed by atoms with Crippen molar-refractivity contribution in [3.63, 3.8) is 0 Å². The zero-order valence-electron chi connectivity index (χ0n) is 23.3. The topological polar surface area (TPSA) is 79.7 Å². The van der Waals surface area contributed by atoms with Gasteiger partial charge in [-0.05, 0) is 66.2 Å². The number of rotatable bonds is 12. The van der Waals surface area contributed by atoms with Crippen LogP contribution in [0.25, 0.3) is 0 Å². The molecule has 0 spiro atoms. The number of hydrogen-bond donors (Lipinski definition) is 1. The zero-order chi connectivity index (χ0) is 29.5. The van der Waals surface area contributed by atoms with E-state index in [0.717, 1.165) is 29.7 Å². The van der Waals surface area contributed by atoms with Crippen LogP contribution in [0.1, 0.15) is 37.3 Å². The summed E-state index contributed by atoms with van der Waals surface area (Å²) in [7, 11) is 0. The highest BCUT2D eigenvalue weighted by Gasteiger charge is 2.44. The molecule has 1 saturated heterocycles. The highest BCUT2D eigenvalue weighted by molar-refractivity contribution is 7.80. The first kappa shape index (κ1) is 28.9. The van der Waals surface area contributed by atoms with Crippen LogP contribution in [0.5, 0.6) is 5.75 Å². The molecule has 42 heavy (non-hydrogen) atoms. The molecule has 0 saturated carbocycles. The van der Waals surface area contributed by atoms with Crippen LogP contribution in [0.4, 0.5) is 15.8 Å². The van der Waals surface area contributed by atoms with Crippen LogP contribution in [-0.2, 0) is 22.7 Å². The molecule has 4 aromatic rings. The zero-order valence-corrected chi connectivity index (χ0v) is 24.1. The van der Waals surface area contributed by atoms with Crippen molar-refractivity contribution in [3.05, 3.63) is 108 Å². The fourth-order valence-corrected chi connectivity index (χ4v) is 5.11. The number of halogens is 1. The van der Waals surface area contributed by atoms with Crippen molar-refractivity contribution in [1.82, 2.24) is 14.7 Å². The molecule has 1 aliphatic rings. The van der Waals surface area contributed by atoms with Gasteiger partial charge in [-0.25, -0.2) is 4.39 Å². The molecule has 1 fully saturated rings. The number of carbonyl (C=O) groups excluding carboxylic acids is 2. The van der Waals surface area contributed by atoms with Gasteiger partial charge in [0.25, 0.3) is 5.91 Å². The molecule has 10 heteroatoms. The monoisotopic (exact) mass is 585 g/mol. The summed E-state index contributed by atoms with van der Waals surface area (Å²) in [4.78, 5) is 30.2. The predicted molar refractivity (Wildman–Crippen MR) is 164 cm³/mol. The van der Waals surface area contributed by atoms with Crippen LogP contribution >= 0.6 is 12.2 Å². The van der Waals surface area contributed by atoms with E-state index in [2.05, 4.69) is 17.3 Å². The highest BCUT2D eigenvalue weighted by atomic mass is 32.1. The number of nitrogens with zero attached hydrogens (tertiary/aromatic N) is 4. The molecule has 3 aromatic carbocycles. The molecule has 1 aromatic heterocycles. The second-order valence-electron chi connectivity index (χ2n) is 10.1. The second-order valence-corrected chi connectivity index (χ2v) is 10.4. The van der Waals surface area contributed by atoms with Crippen molar-refractivity contribution < 1.29 is 18.7 Å². The van der Waals surface area contributed by atoms with Crippen LogP contribution in [0, 0.1) is 5.82 Å². The molecule has 1 N–H and O–H groups in total. The lowest BCUT2D eigenvalue weighted by atomic mass is 10.1.